The van der Waals surface area contributed by atoms with Gasteiger partial charge in [0.15, 0.2) is 0 Å². The minimum atomic E-state index is -0.486. The number of amides is 2. The molecule has 0 aliphatic rings. The predicted octanol–water partition coefficient (Wildman–Crippen LogP) is 3.89. The second-order valence-corrected chi connectivity index (χ2v) is 5.47. The molecular weight excluding hydrogens is 342 g/mol. The molecule has 0 atom stereocenters. The van der Waals surface area contributed by atoms with Gasteiger partial charge >= 0.3 is 0 Å². The smallest absolute Gasteiger partial charge is 0.252 e. The van der Waals surface area contributed by atoms with Crippen molar-refractivity contribution in [1.29, 1.82) is 0 Å². The molecule has 2 aromatic rings. The van der Waals surface area contributed by atoms with Crippen molar-refractivity contribution < 1.29 is 14.0 Å². The standard InChI is InChI=1S/C16H13Cl2FN2O2/c17-12-4-2-1-3-11(12)16(23)20-8-7-15(22)21-14-6-5-10(19)9-13(14)18/h1-6,9H,7-8H2,(H,20,23)(H,21,22). The summed E-state index contributed by atoms with van der Waals surface area (Å²) in [4.78, 5) is 23.7. The summed E-state index contributed by atoms with van der Waals surface area (Å²) in [5.41, 5.74) is 0.659. The van der Waals surface area contributed by atoms with Crippen LogP contribution in [0.15, 0.2) is 42.5 Å². The van der Waals surface area contributed by atoms with Crippen LogP contribution in [0.5, 0.6) is 0 Å². The fourth-order valence-electron chi connectivity index (χ4n) is 1.83. The molecule has 0 aliphatic heterocycles. The lowest BCUT2D eigenvalue weighted by Gasteiger charge is -2.09. The zero-order chi connectivity index (χ0) is 16.8. The second kappa shape index (κ2) is 7.94. The maximum absolute atomic E-state index is 12.9. The topological polar surface area (TPSA) is 58.2 Å². The number of benzene rings is 2. The van der Waals surface area contributed by atoms with E-state index in [0.29, 0.717) is 16.3 Å². The number of hydrogen-bond acceptors (Lipinski definition) is 2. The summed E-state index contributed by atoms with van der Waals surface area (Å²) in [6, 6.07) is 10.3. The predicted molar refractivity (Wildman–Crippen MR) is 88.4 cm³/mol. The molecule has 23 heavy (non-hydrogen) atoms. The van der Waals surface area contributed by atoms with E-state index in [9.17, 15) is 14.0 Å². The Kier molecular flexibility index (Phi) is 5.96. The Hall–Kier alpha value is -2.11. The van der Waals surface area contributed by atoms with Crippen molar-refractivity contribution in [3.05, 3.63) is 63.9 Å². The number of rotatable bonds is 5. The number of anilines is 1. The van der Waals surface area contributed by atoms with Gasteiger partial charge in [-0.1, -0.05) is 35.3 Å². The Labute approximate surface area is 142 Å². The third-order valence-corrected chi connectivity index (χ3v) is 3.60. The molecule has 0 aromatic heterocycles. The van der Waals surface area contributed by atoms with E-state index in [1.807, 2.05) is 0 Å². The van der Waals surface area contributed by atoms with Crippen LogP contribution in [0, 0.1) is 5.82 Å². The lowest BCUT2D eigenvalue weighted by atomic mass is 10.2. The molecule has 2 rings (SSSR count). The first-order chi connectivity index (χ1) is 11.0. The zero-order valence-electron chi connectivity index (χ0n) is 11.9. The van der Waals surface area contributed by atoms with Crippen molar-refractivity contribution in [3.8, 4) is 0 Å². The van der Waals surface area contributed by atoms with Gasteiger partial charge < -0.3 is 10.6 Å². The average Bonchev–Trinajstić information content (AvgIpc) is 2.50. The number of nitrogens with one attached hydrogen (secondary N) is 2. The van der Waals surface area contributed by atoms with E-state index in [1.54, 1.807) is 24.3 Å². The van der Waals surface area contributed by atoms with Gasteiger partial charge in [0.1, 0.15) is 5.82 Å². The van der Waals surface area contributed by atoms with Gasteiger partial charge in [-0.05, 0) is 30.3 Å². The van der Waals surface area contributed by atoms with Crippen LogP contribution in [0.2, 0.25) is 10.0 Å². The monoisotopic (exact) mass is 354 g/mol. The fourth-order valence-corrected chi connectivity index (χ4v) is 2.27. The molecule has 2 amide bonds. The van der Waals surface area contributed by atoms with Crippen molar-refractivity contribution in [2.45, 2.75) is 6.42 Å². The first kappa shape index (κ1) is 17.2. The summed E-state index contributed by atoms with van der Waals surface area (Å²) in [5, 5.41) is 5.60. The Balaban J connectivity index is 1.83. The van der Waals surface area contributed by atoms with Gasteiger partial charge in [0.25, 0.3) is 5.91 Å². The lowest BCUT2D eigenvalue weighted by molar-refractivity contribution is -0.116. The highest BCUT2D eigenvalue weighted by Crippen LogP contribution is 2.22. The molecule has 2 aromatic carbocycles. The quantitative estimate of drug-likeness (QED) is 0.855. The molecule has 0 spiro atoms. The van der Waals surface area contributed by atoms with Crippen LogP contribution >= 0.6 is 23.2 Å². The molecule has 0 unspecified atom stereocenters. The van der Waals surface area contributed by atoms with Crippen molar-refractivity contribution in [1.82, 2.24) is 5.32 Å². The minimum Gasteiger partial charge on any atom is -0.351 e. The molecule has 0 aliphatic carbocycles. The van der Waals surface area contributed by atoms with Gasteiger partial charge in [0.05, 0.1) is 21.3 Å². The normalized spacial score (nSPS) is 10.2. The summed E-state index contributed by atoms with van der Waals surface area (Å²) in [5.74, 6) is -1.19. The molecule has 120 valence electrons. The van der Waals surface area contributed by atoms with E-state index < -0.39 is 5.82 Å². The molecule has 4 nitrogen and oxygen atoms in total. The van der Waals surface area contributed by atoms with E-state index in [0.717, 1.165) is 6.07 Å². The van der Waals surface area contributed by atoms with Crippen LogP contribution in [-0.2, 0) is 4.79 Å². The van der Waals surface area contributed by atoms with Crippen LogP contribution in [-0.4, -0.2) is 18.4 Å². The van der Waals surface area contributed by atoms with Crippen molar-refractivity contribution in [3.63, 3.8) is 0 Å². The average molecular weight is 355 g/mol. The number of carbonyl (C=O) groups is 2. The largest absolute Gasteiger partial charge is 0.351 e. The first-order valence-corrected chi connectivity index (χ1v) is 7.50. The molecule has 0 saturated heterocycles. The third-order valence-electron chi connectivity index (χ3n) is 2.96. The molecule has 2 N–H and O–H groups in total. The van der Waals surface area contributed by atoms with E-state index >= 15 is 0 Å². The molecule has 0 bridgehead atoms. The summed E-state index contributed by atoms with van der Waals surface area (Å²) < 4.78 is 12.9. The van der Waals surface area contributed by atoms with Crippen LogP contribution in [0.3, 0.4) is 0 Å². The number of hydrogen-bond donors (Lipinski definition) is 2. The van der Waals surface area contributed by atoms with Crippen molar-refractivity contribution >= 4 is 40.7 Å². The summed E-state index contributed by atoms with van der Waals surface area (Å²) in [6.45, 7) is 0.134. The molecule has 7 heteroatoms. The third kappa shape index (κ3) is 4.94. The second-order valence-electron chi connectivity index (χ2n) is 4.66. The minimum absolute atomic E-state index is 0.0455. The van der Waals surface area contributed by atoms with Gasteiger partial charge in [-0.3, -0.25) is 9.59 Å². The van der Waals surface area contributed by atoms with Gasteiger partial charge in [0.2, 0.25) is 5.91 Å². The van der Waals surface area contributed by atoms with Crippen LogP contribution in [0.25, 0.3) is 0 Å². The van der Waals surface area contributed by atoms with Gasteiger partial charge in [-0.15, -0.1) is 0 Å². The summed E-state index contributed by atoms with van der Waals surface area (Å²) in [6.07, 6.45) is 0.0455. The molecule has 0 heterocycles. The van der Waals surface area contributed by atoms with Crippen molar-refractivity contribution in [2.75, 3.05) is 11.9 Å². The van der Waals surface area contributed by atoms with E-state index in [2.05, 4.69) is 10.6 Å². The number of carbonyl (C=O) groups excluding carboxylic acids is 2. The summed E-state index contributed by atoms with van der Waals surface area (Å²) in [7, 11) is 0. The van der Waals surface area contributed by atoms with Gasteiger partial charge in [0, 0.05) is 13.0 Å². The Bertz CT molecular complexity index is 738. The molecule has 0 fully saturated rings. The molecule has 0 saturated carbocycles. The van der Waals surface area contributed by atoms with Crippen LogP contribution in [0.4, 0.5) is 10.1 Å². The van der Waals surface area contributed by atoms with Gasteiger partial charge in [-0.25, -0.2) is 4.39 Å². The van der Waals surface area contributed by atoms with Crippen molar-refractivity contribution in [2.24, 2.45) is 0 Å². The lowest BCUT2D eigenvalue weighted by Crippen LogP contribution is -2.27. The highest BCUT2D eigenvalue weighted by atomic mass is 35.5. The highest BCUT2D eigenvalue weighted by Gasteiger charge is 2.10. The van der Waals surface area contributed by atoms with E-state index in [1.165, 1.54) is 12.1 Å². The van der Waals surface area contributed by atoms with Gasteiger partial charge in [-0.2, -0.15) is 0 Å². The number of halogens is 3. The Morgan fingerprint density at radius 3 is 2.48 bits per heavy atom. The van der Waals surface area contributed by atoms with E-state index in [-0.39, 0.29) is 29.8 Å². The Morgan fingerprint density at radius 1 is 1.04 bits per heavy atom. The SMILES string of the molecule is O=C(CCNC(=O)c1ccccc1Cl)Nc1ccc(F)cc1Cl. The van der Waals surface area contributed by atoms with E-state index in [4.69, 9.17) is 23.2 Å². The molecular formula is C16H13Cl2FN2O2. The Morgan fingerprint density at radius 2 is 1.78 bits per heavy atom. The van der Waals surface area contributed by atoms with Crippen LogP contribution < -0.4 is 10.6 Å². The van der Waals surface area contributed by atoms with Crippen LogP contribution in [0.1, 0.15) is 16.8 Å². The fraction of sp³-hybridized carbons (Fsp3) is 0.125. The zero-order valence-corrected chi connectivity index (χ0v) is 13.4. The maximum atomic E-state index is 12.9. The molecule has 0 radical (unpaired) electrons. The first-order valence-electron chi connectivity index (χ1n) is 6.75. The maximum Gasteiger partial charge on any atom is 0.252 e. The highest BCUT2D eigenvalue weighted by molar-refractivity contribution is 6.34. The summed E-state index contributed by atoms with van der Waals surface area (Å²) >= 11 is 11.7.